The first-order valence-electron chi connectivity index (χ1n) is 4.59. The summed E-state index contributed by atoms with van der Waals surface area (Å²) in [6, 6.07) is 1.36. The van der Waals surface area contributed by atoms with Crippen LogP contribution in [0, 0.1) is 5.21 Å². The quantitative estimate of drug-likeness (QED) is 0.559. The molecule has 0 aromatic carbocycles. The molecule has 15 heavy (non-hydrogen) atoms. The van der Waals surface area contributed by atoms with Gasteiger partial charge in [0.2, 0.25) is 6.20 Å². The average Bonchev–Trinajstić information content (AvgIpc) is 2.17. The Labute approximate surface area is 88.8 Å². The van der Waals surface area contributed by atoms with Crippen LogP contribution in [0.5, 0.6) is 5.75 Å². The molecule has 0 aliphatic carbocycles. The molecule has 1 aromatic rings. The van der Waals surface area contributed by atoms with Gasteiger partial charge in [0.1, 0.15) is 4.90 Å². The summed E-state index contributed by atoms with van der Waals surface area (Å²) in [6.07, 6.45) is 2.22. The van der Waals surface area contributed by atoms with Crippen molar-refractivity contribution in [3.8, 4) is 5.75 Å². The standard InChI is InChI=1S/C9H13NO4S/c1-3-14-8-5-9(7-10(11)6-8)15(12,13)4-2/h5-7H,3-4H2,1-2H3. The first-order chi connectivity index (χ1) is 6.99. The van der Waals surface area contributed by atoms with E-state index in [2.05, 4.69) is 0 Å². The van der Waals surface area contributed by atoms with Crippen LogP contribution in [0.4, 0.5) is 0 Å². The SMILES string of the molecule is CCOc1cc(S(=O)(=O)CC)c[n+]([O-])c1. The molecule has 0 amide bonds. The minimum atomic E-state index is -3.36. The summed E-state index contributed by atoms with van der Waals surface area (Å²) in [5.41, 5.74) is 0. The fourth-order valence-corrected chi connectivity index (χ4v) is 1.98. The molecule has 1 rings (SSSR count). The molecular weight excluding hydrogens is 218 g/mol. The molecule has 0 saturated carbocycles. The van der Waals surface area contributed by atoms with Crippen LogP contribution in [0.2, 0.25) is 0 Å². The van der Waals surface area contributed by atoms with E-state index in [4.69, 9.17) is 4.74 Å². The summed E-state index contributed by atoms with van der Waals surface area (Å²) in [5, 5.41) is 11.1. The maximum absolute atomic E-state index is 11.5. The molecule has 0 saturated heterocycles. The van der Waals surface area contributed by atoms with Gasteiger partial charge in [-0.3, -0.25) is 0 Å². The Morgan fingerprint density at radius 2 is 2.07 bits per heavy atom. The second-order valence-electron chi connectivity index (χ2n) is 2.90. The van der Waals surface area contributed by atoms with Crippen molar-refractivity contribution in [3.63, 3.8) is 0 Å². The van der Waals surface area contributed by atoms with Crippen LogP contribution in [-0.2, 0) is 9.84 Å². The Morgan fingerprint density at radius 3 is 2.60 bits per heavy atom. The molecular formula is C9H13NO4S. The van der Waals surface area contributed by atoms with Gasteiger partial charge in [-0.25, -0.2) is 8.42 Å². The minimum Gasteiger partial charge on any atom is -0.619 e. The molecule has 0 unspecified atom stereocenters. The molecule has 0 radical (unpaired) electrons. The van der Waals surface area contributed by atoms with Crippen LogP contribution in [0.25, 0.3) is 0 Å². The van der Waals surface area contributed by atoms with Crippen LogP contribution in [-0.4, -0.2) is 20.8 Å². The third kappa shape index (κ3) is 2.82. The average molecular weight is 231 g/mol. The van der Waals surface area contributed by atoms with E-state index in [9.17, 15) is 13.6 Å². The van der Waals surface area contributed by atoms with E-state index in [0.29, 0.717) is 11.3 Å². The second kappa shape index (κ2) is 4.48. The summed E-state index contributed by atoms with van der Waals surface area (Å²) >= 11 is 0. The van der Waals surface area contributed by atoms with Gasteiger partial charge in [-0.2, -0.15) is 4.73 Å². The first kappa shape index (κ1) is 11.8. The number of hydrogen-bond donors (Lipinski definition) is 0. The van der Waals surface area contributed by atoms with Gasteiger partial charge in [-0.15, -0.1) is 0 Å². The van der Waals surface area contributed by atoms with Crippen LogP contribution in [0.3, 0.4) is 0 Å². The summed E-state index contributed by atoms with van der Waals surface area (Å²) in [5.74, 6) is 0.227. The highest BCUT2D eigenvalue weighted by molar-refractivity contribution is 7.91. The van der Waals surface area contributed by atoms with Crippen molar-refractivity contribution in [2.24, 2.45) is 0 Å². The molecule has 0 bridgehead atoms. The molecule has 1 heterocycles. The summed E-state index contributed by atoms with van der Waals surface area (Å²) in [7, 11) is -3.36. The lowest BCUT2D eigenvalue weighted by Gasteiger charge is -2.05. The smallest absolute Gasteiger partial charge is 0.222 e. The zero-order valence-electron chi connectivity index (χ0n) is 8.63. The number of rotatable bonds is 4. The first-order valence-corrected chi connectivity index (χ1v) is 6.24. The van der Waals surface area contributed by atoms with E-state index in [1.807, 2.05) is 0 Å². The highest BCUT2D eigenvalue weighted by Crippen LogP contribution is 2.15. The summed E-state index contributed by atoms with van der Waals surface area (Å²) in [4.78, 5) is -0.00838. The predicted molar refractivity (Wildman–Crippen MR) is 54.3 cm³/mol. The zero-order chi connectivity index (χ0) is 11.5. The molecule has 0 atom stereocenters. The summed E-state index contributed by atoms with van der Waals surface area (Å²) in [6.45, 7) is 3.67. The van der Waals surface area contributed by atoms with Crippen molar-refractivity contribution < 1.29 is 17.9 Å². The largest absolute Gasteiger partial charge is 0.619 e. The topological polar surface area (TPSA) is 70.3 Å². The second-order valence-corrected chi connectivity index (χ2v) is 5.18. The molecule has 0 aliphatic heterocycles. The lowest BCUT2D eigenvalue weighted by molar-refractivity contribution is -0.608. The fraction of sp³-hybridized carbons (Fsp3) is 0.444. The molecule has 5 nitrogen and oxygen atoms in total. The van der Waals surface area contributed by atoms with Crippen molar-refractivity contribution >= 4 is 9.84 Å². The van der Waals surface area contributed by atoms with Crippen molar-refractivity contribution in [1.29, 1.82) is 0 Å². The zero-order valence-corrected chi connectivity index (χ0v) is 9.45. The third-order valence-corrected chi connectivity index (χ3v) is 3.55. The van der Waals surface area contributed by atoms with Crippen LogP contribution in [0.15, 0.2) is 23.4 Å². The molecule has 0 N–H and O–H groups in total. The molecule has 84 valence electrons. The number of pyridine rings is 1. The van der Waals surface area contributed by atoms with Gasteiger partial charge in [0.05, 0.1) is 12.4 Å². The monoisotopic (exact) mass is 231 g/mol. The Bertz CT molecular complexity index is 441. The Kier molecular flexibility index (Phi) is 3.52. The van der Waals surface area contributed by atoms with Crippen LogP contribution < -0.4 is 9.47 Å². The highest BCUT2D eigenvalue weighted by Gasteiger charge is 2.16. The van der Waals surface area contributed by atoms with Crippen LogP contribution >= 0.6 is 0 Å². The van der Waals surface area contributed by atoms with E-state index >= 15 is 0 Å². The number of aromatic nitrogens is 1. The molecule has 6 heteroatoms. The maximum Gasteiger partial charge on any atom is 0.222 e. The van der Waals surface area contributed by atoms with Gasteiger partial charge in [0.15, 0.2) is 21.8 Å². The van der Waals surface area contributed by atoms with Crippen LogP contribution in [0.1, 0.15) is 13.8 Å². The van der Waals surface area contributed by atoms with Crippen molar-refractivity contribution in [2.75, 3.05) is 12.4 Å². The van der Waals surface area contributed by atoms with Crippen molar-refractivity contribution in [2.45, 2.75) is 18.7 Å². The van der Waals surface area contributed by atoms with Gasteiger partial charge < -0.3 is 9.94 Å². The predicted octanol–water partition coefficient (Wildman–Crippen LogP) is 0.512. The fourth-order valence-electron chi connectivity index (χ4n) is 1.09. The molecule has 0 fully saturated rings. The maximum atomic E-state index is 11.5. The normalized spacial score (nSPS) is 11.3. The molecule has 1 aromatic heterocycles. The third-order valence-electron chi connectivity index (χ3n) is 1.84. The number of sulfone groups is 1. The molecule has 0 aliphatic rings. The highest BCUT2D eigenvalue weighted by atomic mass is 32.2. The Morgan fingerprint density at radius 1 is 1.40 bits per heavy atom. The number of nitrogens with zero attached hydrogens (tertiary/aromatic N) is 1. The lowest BCUT2D eigenvalue weighted by atomic mass is 10.4. The Hall–Kier alpha value is -1.30. The van der Waals surface area contributed by atoms with Crippen molar-refractivity contribution in [1.82, 2.24) is 0 Å². The van der Waals surface area contributed by atoms with E-state index in [-0.39, 0.29) is 16.4 Å². The van der Waals surface area contributed by atoms with Crippen molar-refractivity contribution in [3.05, 3.63) is 23.7 Å². The van der Waals surface area contributed by atoms with Gasteiger partial charge in [0, 0.05) is 6.07 Å². The van der Waals surface area contributed by atoms with Gasteiger partial charge in [-0.05, 0) is 6.92 Å². The van der Waals surface area contributed by atoms with E-state index in [0.717, 1.165) is 6.20 Å². The summed E-state index contributed by atoms with van der Waals surface area (Å²) < 4.78 is 28.5. The van der Waals surface area contributed by atoms with E-state index in [1.54, 1.807) is 6.92 Å². The van der Waals surface area contributed by atoms with E-state index in [1.165, 1.54) is 19.2 Å². The number of ether oxygens (including phenoxy) is 1. The molecule has 0 spiro atoms. The van der Waals surface area contributed by atoms with Gasteiger partial charge >= 0.3 is 0 Å². The Balaban J connectivity index is 3.20. The minimum absolute atomic E-state index is 0.00838. The van der Waals surface area contributed by atoms with Gasteiger partial charge in [0.25, 0.3) is 0 Å². The van der Waals surface area contributed by atoms with E-state index < -0.39 is 9.84 Å². The lowest BCUT2D eigenvalue weighted by Crippen LogP contribution is -2.26. The number of hydrogen-bond acceptors (Lipinski definition) is 4. The van der Waals surface area contributed by atoms with Gasteiger partial charge in [-0.1, -0.05) is 6.92 Å².